The molecule has 1 aliphatic rings. The number of imidazole rings is 1. The summed E-state index contributed by atoms with van der Waals surface area (Å²) in [5, 5.41) is 3.07. The minimum Gasteiger partial charge on any atom is -0.493 e. The van der Waals surface area contributed by atoms with Gasteiger partial charge in [0.05, 0.1) is 20.1 Å². The number of nitrogens with one attached hydrogen (secondary N) is 1. The predicted octanol–water partition coefficient (Wildman–Crippen LogP) is 2.10. The lowest BCUT2D eigenvalue weighted by atomic mass is 10.1. The Bertz CT molecular complexity index is 711. The predicted molar refractivity (Wildman–Crippen MR) is 90.3 cm³/mol. The Morgan fingerprint density at radius 1 is 1.42 bits per heavy atom. The molecule has 2 heterocycles. The average Bonchev–Trinajstić information content (AvgIpc) is 3.03. The van der Waals surface area contributed by atoms with E-state index in [1.54, 1.807) is 7.11 Å². The molecular weight excluding hydrogens is 306 g/mol. The number of rotatable bonds is 6. The van der Waals surface area contributed by atoms with E-state index in [-0.39, 0.29) is 11.9 Å². The largest absolute Gasteiger partial charge is 0.493 e. The summed E-state index contributed by atoms with van der Waals surface area (Å²) in [6, 6.07) is 5.91. The zero-order chi connectivity index (χ0) is 16.9. The Morgan fingerprint density at radius 2 is 2.29 bits per heavy atom. The van der Waals surface area contributed by atoms with E-state index >= 15 is 0 Å². The second-order valence-corrected chi connectivity index (χ2v) is 6.05. The van der Waals surface area contributed by atoms with Crippen molar-refractivity contribution in [2.24, 2.45) is 0 Å². The van der Waals surface area contributed by atoms with E-state index < -0.39 is 0 Å². The SMILES string of the molecule is COc1cc(C)ccc1OCCC(=O)NC1CCc2nccn2C1. The van der Waals surface area contributed by atoms with Crippen LogP contribution in [-0.2, 0) is 17.8 Å². The molecule has 0 aliphatic carbocycles. The Labute approximate surface area is 141 Å². The van der Waals surface area contributed by atoms with Gasteiger partial charge in [-0.2, -0.15) is 0 Å². The number of aromatic nitrogens is 2. The molecule has 2 aromatic rings. The molecule has 1 aromatic carbocycles. The van der Waals surface area contributed by atoms with Crippen LogP contribution in [0.25, 0.3) is 0 Å². The smallest absolute Gasteiger partial charge is 0.223 e. The third kappa shape index (κ3) is 3.88. The highest BCUT2D eigenvalue weighted by Crippen LogP contribution is 2.27. The molecule has 24 heavy (non-hydrogen) atoms. The van der Waals surface area contributed by atoms with Crippen LogP contribution in [0, 0.1) is 6.92 Å². The first-order valence-corrected chi connectivity index (χ1v) is 8.22. The number of carbonyl (C=O) groups excluding carboxylic acids is 1. The monoisotopic (exact) mass is 329 g/mol. The van der Waals surface area contributed by atoms with Crippen LogP contribution in [0.15, 0.2) is 30.6 Å². The number of amides is 1. The van der Waals surface area contributed by atoms with Gasteiger partial charge in [0.25, 0.3) is 0 Å². The first-order valence-electron chi connectivity index (χ1n) is 8.22. The van der Waals surface area contributed by atoms with Gasteiger partial charge in [0.1, 0.15) is 5.82 Å². The van der Waals surface area contributed by atoms with Crippen LogP contribution in [0.4, 0.5) is 0 Å². The Hall–Kier alpha value is -2.50. The highest BCUT2D eigenvalue weighted by Gasteiger charge is 2.20. The molecular formula is C18H23N3O3. The molecule has 3 rings (SSSR count). The molecule has 1 atom stereocenters. The number of methoxy groups -OCH3 is 1. The molecule has 0 saturated heterocycles. The molecule has 0 fully saturated rings. The highest BCUT2D eigenvalue weighted by molar-refractivity contribution is 5.76. The molecule has 6 nitrogen and oxygen atoms in total. The highest BCUT2D eigenvalue weighted by atomic mass is 16.5. The van der Waals surface area contributed by atoms with E-state index in [4.69, 9.17) is 9.47 Å². The quantitative estimate of drug-likeness (QED) is 0.881. The van der Waals surface area contributed by atoms with Gasteiger partial charge in [-0.05, 0) is 31.0 Å². The van der Waals surface area contributed by atoms with Crippen LogP contribution in [-0.4, -0.2) is 35.2 Å². The van der Waals surface area contributed by atoms with Crippen LogP contribution < -0.4 is 14.8 Å². The van der Waals surface area contributed by atoms with Crippen molar-refractivity contribution in [1.82, 2.24) is 14.9 Å². The van der Waals surface area contributed by atoms with Gasteiger partial charge in [-0.25, -0.2) is 4.98 Å². The number of hydrogen-bond acceptors (Lipinski definition) is 4. The fourth-order valence-corrected chi connectivity index (χ4v) is 2.93. The van der Waals surface area contributed by atoms with E-state index in [1.807, 2.05) is 37.5 Å². The summed E-state index contributed by atoms with van der Waals surface area (Å²) in [4.78, 5) is 16.4. The molecule has 0 saturated carbocycles. The Balaban J connectivity index is 1.45. The number of benzene rings is 1. The molecule has 0 bridgehead atoms. The zero-order valence-electron chi connectivity index (χ0n) is 14.1. The summed E-state index contributed by atoms with van der Waals surface area (Å²) in [5.74, 6) is 2.46. The molecule has 128 valence electrons. The summed E-state index contributed by atoms with van der Waals surface area (Å²) in [6.45, 7) is 3.11. The van der Waals surface area contributed by atoms with Crippen molar-refractivity contribution in [3.63, 3.8) is 0 Å². The molecule has 1 amide bonds. The molecule has 1 unspecified atom stereocenters. The van der Waals surface area contributed by atoms with Gasteiger partial charge in [-0.3, -0.25) is 4.79 Å². The first-order chi connectivity index (χ1) is 11.7. The van der Waals surface area contributed by atoms with Crippen LogP contribution >= 0.6 is 0 Å². The minimum absolute atomic E-state index is 0.00893. The number of ether oxygens (including phenoxy) is 2. The topological polar surface area (TPSA) is 65.4 Å². The number of carbonyl (C=O) groups is 1. The number of nitrogens with zero attached hydrogens (tertiary/aromatic N) is 2. The van der Waals surface area contributed by atoms with Crippen molar-refractivity contribution in [3.05, 3.63) is 42.0 Å². The molecule has 0 radical (unpaired) electrons. The van der Waals surface area contributed by atoms with Crippen molar-refractivity contribution >= 4 is 5.91 Å². The number of hydrogen-bond donors (Lipinski definition) is 1. The lowest BCUT2D eigenvalue weighted by Gasteiger charge is -2.24. The summed E-state index contributed by atoms with van der Waals surface area (Å²) >= 11 is 0. The summed E-state index contributed by atoms with van der Waals surface area (Å²) in [5.41, 5.74) is 1.10. The van der Waals surface area contributed by atoms with Gasteiger partial charge >= 0.3 is 0 Å². The zero-order valence-corrected chi connectivity index (χ0v) is 14.1. The van der Waals surface area contributed by atoms with Crippen molar-refractivity contribution in [2.75, 3.05) is 13.7 Å². The van der Waals surface area contributed by atoms with Gasteiger partial charge in [0, 0.05) is 31.4 Å². The lowest BCUT2D eigenvalue weighted by molar-refractivity contribution is -0.122. The average molecular weight is 329 g/mol. The Kier molecular flexibility index (Phi) is 5.03. The second kappa shape index (κ2) is 7.38. The van der Waals surface area contributed by atoms with Crippen LogP contribution in [0.2, 0.25) is 0 Å². The van der Waals surface area contributed by atoms with Crippen molar-refractivity contribution in [2.45, 2.75) is 38.8 Å². The number of fused-ring (bicyclic) bond motifs is 1. The second-order valence-electron chi connectivity index (χ2n) is 6.05. The van der Waals surface area contributed by atoms with E-state index in [2.05, 4.69) is 14.9 Å². The standard InChI is InChI=1S/C18H23N3O3/c1-13-3-5-15(16(11-13)23-2)24-10-7-18(22)20-14-4-6-17-19-8-9-21(17)12-14/h3,5,8-9,11,14H,4,6-7,10,12H2,1-2H3,(H,20,22). The minimum atomic E-state index is 0.00893. The summed E-state index contributed by atoms with van der Waals surface area (Å²) < 4.78 is 13.1. The normalized spacial score (nSPS) is 16.3. The van der Waals surface area contributed by atoms with E-state index in [9.17, 15) is 4.79 Å². The van der Waals surface area contributed by atoms with Crippen molar-refractivity contribution < 1.29 is 14.3 Å². The van der Waals surface area contributed by atoms with Crippen LogP contribution in [0.5, 0.6) is 11.5 Å². The molecule has 0 spiro atoms. The van der Waals surface area contributed by atoms with Gasteiger partial charge in [-0.1, -0.05) is 6.07 Å². The first kappa shape index (κ1) is 16.4. The third-order valence-electron chi connectivity index (χ3n) is 4.21. The molecule has 6 heteroatoms. The van der Waals surface area contributed by atoms with Gasteiger partial charge in [0.2, 0.25) is 5.91 Å². The maximum absolute atomic E-state index is 12.1. The van der Waals surface area contributed by atoms with Crippen LogP contribution in [0.3, 0.4) is 0 Å². The lowest BCUT2D eigenvalue weighted by Crippen LogP contribution is -2.41. The van der Waals surface area contributed by atoms with E-state index in [0.717, 1.165) is 30.8 Å². The fraction of sp³-hybridized carbons (Fsp3) is 0.444. The third-order valence-corrected chi connectivity index (χ3v) is 4.21. The maximum atomic E-state index is 12.1. The Morgan fingerprint density at radius 3 is 3.12 bits per heavy atom. The van der Waals surface area contributed by atoms with Crippen molar-refractivity contribution in [3.8, 4) is 11.5 Å². The fourth-order valence-electron chi connectivity index (χ4n) is 2.93. The summed E-state index contributed by atoms with van der Waals surface area (Å²) in [6.07, 6.45) is 5.91. The van der Waals surface area contributed by atoms with Gasteiger partial charge in [-0.15, -0.1) is 0 Å². The maximum Gasteiger partial charge on any atom is 0.223 e. The van der Waals surface area contributed by atoms with Gasteiger partial charge in [0.15, 0.2) is 11.5 Å². The van der Waals surface area contributed by atoms with E-state index in [1.165, 1.54) is 0 Å². The molecule has 1 aromatic heterocycles. The van der Waals surface area contributed by atoms with Crippen LogP contribution in [0.1, 0.15) is 24.2 Å². The summed E-state index contributed by atoms with van der Waals surface area (Å²) in [7, 11) is 1.61. The molecule has 1 aliphatic heterocycles. The molecule has 1 N–H and O–H groups in total. The number of aryl methyl sites for hydroxylation is 2. The van der Waals surface area contributed by atoms with Gasteiger partial charge < -0.3 is 19.4 Å². The van der Waals surface area contributed by atoms with Crippen molar-refractivity contribution in [1.29, 1.82) is 0 Å². The van der Waals surface area contributed by atoms with E-state index in [0.29, 0.717) is 24.5 Å².